The van der Waals surface area contributed by atoms with Crippen LogP contribution in [0.2, 0.25) is 0 Å². The highest BCUT2D eigenvalue weighted by atomic mass is 15.3. The molecule has 1 spiro atoms. The van der Waals surface area contributed by atoms with E-state index in [1.165, 1.54) is 48.6 Å². The van der Waals surface area contributed by atoms with Crippen LogP contribution in [-0.2, 0) is 0 Å². The van der Waals surface area contributed by atoms with E-state index in [1.807, 2.05) is 7.05 Å². The number of allylic oxidation sites excluding steroid dienone is 1. The van der Waals surface area contributed by atoms with Crippen LogP contribution in [0.4, 0.5) is 5.69 Å². The molecular weight excluding hydrogens is 294 g/mol. The quantitative estimate of drug-likeness (QED) is 0.779. The number of hydrogen-bond donors (Lipinski definition) is 0. The van der Waals surface area contributed by atoms with Crippen molar-refractivity contribution in [2.75, 3.05) is 38.1 Å². The van der Waals surface area contributed by atoms with E-state index in [1.54, 1.807) is 0 Å². The van der Waals surface area contributed by atoms with Crippen LogP contribution < -0.4 is 4.90 Å². The molecule has 2 fully saturated rings. The fourth-order valence-corrected chi connectivity index (χ4v) is 4.12. The maximum absolute atomic E-state index is 4.41. The van der Waals surface area contributed by atoms with Crippen molar-refractivity contribution in [2.45, 2.75) is 40.7 Å². The first-order chi connectivity index (χ1) is 11.3. The SMILES string of the molecule is C=C(C)c1cc(C)c(N2CC3(C2)CN(C(C)C)C3)cc1/C(C)=N\C. The molecule has 1 aromatic rings. The van der Waals surface area contributed by atoms with Gasteiger partial charge in [0.05, 0.1) is 0 Å². The average molecular weight is 326 g/mol. The summed E-state index contributed by atoms with van der Waals surface area (Å²) in [4.78, 5) is 9.53. The largest absolute Gasteiger partial charge is 0.370 e. The first-order valence-electron chi connectivity index (χ1n) is 8.99. The molecule has 0 unspecified atom stereocenters. The molecule has 2 aliphatic heterocycles. The van der Waals surface area contributed by atoms with Gasteiger partial charge in [-0.05, 0) is 57.9 Å². The molecule has 0 bridgehead atoms. The summed E-state index contributed by atoms with van der Waals surface area (Å²) in [6.07, 6.45) is 0. The Bertz CT molecular complexity index is 685. The normalized spacial score (nSPS) is 20.3. The van der Waals surface area contributed by atoms with Crippen LogP contribution in [0.1, 0.15) is 44.4 Å². The van der Waals surface area contributed by atoms with Gasteiger partial charge in [-0.25, -0.2) is 0 Å². The Hall–Kier alpha value is -1.61. The zero-order valence-electron chi connectivity index (χ0n) is 16.1. The van der Waals surface area contributed by atoms with Crippen molar-refractivity contribution in [1.82, 2.24) is 4.90 Å². The lowest BCUT2D eigenvalue weighted by molar-refractivity contribution is -0.0412. The third-order valence-electron chi connectivity index (χ3n) is 5.72. The van der Waals surface area contributed by atoms with Gasteiger partial charge in [0.25, 0.3) is 0 Å². The molecule has 24 heavy (non-hydrogen) atoms. The van der Waals surface area contributed by atoms with Crippen LogP contribution >= 0.6 is 0 Å². The van der Waals surface area contributed by atoms with E-state index in [0.717, 1.165) is 11.3 Å². The molecule has 2 aliphatic rings. The minimum Gasteiger partial charge on any atom is -0.370 e. The van der Waals surface area contributed by atoms with Gasteiger partial charge in [-0.2, -0.15) is 0 Å². The highest BCUT2D eigenvalue weighted by Crippen LogP contribution is 2.44. The number of aliphatic imine (C=N–C) groups is 1. The molecule has 0 amide bonds. The number of anilines is 1. The summed E-state index contributed by atoms with van der Waals surface area (Å²) in [5.41, 5.74) is 7.89. The number of hydrogen-bond acceptors (Lipinski definition) is 3. The van der Waals surface area contributed by atoms with Gasteiger partial charge in [-0.1, -0.05) is 12.2 Å². The standard InChI is InChI=1S/C21H31N3/c1-14(2)18-8-16(5)20(9-19(18)17(6)22-7)24-12-21(13-24)10-23(11-21)15(3)4/h8-9,15H,1,10-13H2,2-7H3/b22-17-. The lowest BCUT2D eigenvalue weighted by Crippen LogP contribution is -2.73. The van der Waals surface area contributed by atoms with Crippen molar-refractivity contribution in [3.8, 4) is 0 Å². The van der Waals surface area contributed by atoms with Gasteiger partial charge in [0, 0.05) is 61.6 Å². The predicted octanol–water partition coefficient (Wildman–Crippen LogP) is 4.00. The zero-order chi connectivity index (χ0) is 17.6. The second-order valence-electron chi connectivity index (χ2n) is 8.13. The molecule has 1 aromatic carbocycles. The Morgan fingerprint density at radius 2 is 1.75 bits per heavy atom. The summed E-state index contributed by atoms with van der Waals surface area (Å²) in [6.45, 7) is 20.0. The molecule has 3 nitrogen and oxygen atoms in total. The highest BCUT2D eigenvalue weighted by Gasteiger charge is 2.52. The molecule has 0 aromatic heterocycles. The molecule has 3 heteroatoms. The Kier molecular flexibility index (Phi) is 4.33. The minimum atomic E-state index is 0.539. The van der Waals surface area contributed by atoms with Crippen LogP contribution in [0.25, 0.3) is 5.57 Å². The van der Waals surface area contributed by atoms with Gasteiger partial charge in [0.2, 0.25) is 0 Å². The van der Waals surface area contributed by atoms with Gasteiger partial charge < -0.3 is 4.90 Å². The van der Waals surface area contributed by atoms with E-state index < -0.39 is 0 Å². The fraction of sp³-hybridized carbons (Fsp3) is 0.571. The van der Waals surface area contributed by atoms with Gasteiger partial charge >= 0.3 is 0 Å². The predicted molar refractivity (Wildman–Crippen MR) is 105 cm³/mol. The molecule has 0 aliphatic carbocycles. The Morgan fingerprint density at radius 3 is 2.25 bits per heavy atom. The van der Waals surface area contributed by atoms with Gasteiger partial charge in [-0.15, -0.1) is 0 Å². The first kappa shape index (κ1) is 17.2. The third kappa shape index (κ3) is 2.79. The van der Waals surface area contributed by atoms with Gasteiger partial charge in [-0.3, -0.25) is 9.89 Å². The molecule has 0 radical (unpaired) electrons. The van der Waals surface area contributed by atoms with E-state index in [-0.39, 0.29) is 0 Å². The summed E-state index contributed by atoms with van der Waals surface area (Å²) in [5.74, 6) is 0. The topological polar surface area (TPSA) is 18.8 Å². The van der Waals surface area contributed by atoms with Gasteiger partial charge in [0.1, 0.15) is 0 Å². The van der Waals surface area contributed by atoms with Crippen LogP contribution in [-0.4, -0.2) is 49.9 Å². The maximum Gasteiger partial charge on any atom is 0.0403 e. The molecule has 0 atom stereocenters. The van der Waals surface area contributed by atoms with E-state index in [9.17, 15) is 0 Å². The van der Waals surface area contributed by atoms with Crippen molar-refractivity contribution in [3.05, 3.63) is 35.4 Å². The van der Waals surface area contributed by atoms with E-state index in [2.05, 4.69) is 68.1 Å². The van der Waals surface area contributed by atoms with Crippen LogP contribution in [0, 0.1) is 12.3 Å². The Morgan fingerprint density at radius 1 is 1.12 bits per heavy atom. The molecular formula is C21H31N3. The lowest BCUT2D eigenvalue weighted by Gasteiger charge is -2.62. The summed E-state index contributed by atoms with van der Waals surface area (Å²) in [7, 11) is 1.87. The summed E-state index contributed by atoms with van der Waals surface area (Å²) in [5, 5.41) is 0. The van der Waals surface area contributed by atoms with Crippen molar-refractivity contribution < 1.29 is 0 Å². The van der Waals surface area contributed by atoms with Crippen molar-refractivity contribution >= 4 is 17.0 Å². The maximum atomic E-state index is 4.41. The second kappa shape index (κ2) is 6.03. The van der Waals surface area contributed by atoms with Crippen LogP contribution in [0.3, 0.4) is 0 Å². The van der Waals surface area contributed by atoms with Gasteiger partial charge in [0.15, 0.2) is 0 Å². The number of rotatable bonds is 4. The molecule has 3 rings (SSSR count). The Balaban J connectivity index is 1.82. The number of aryl methyl sites for hydroxylation is 1. The molecule has 0 saturated carbocycles. The molecule has 2 heterocycles. The Labute approximate surface area is 147 Å². The van der Waals surface area contributed by atoms with E-state index >= 15 is 0 Å². The van der Waals surface area contributed by atoms with Crippen LogP contribution in [0.5, 0.6) is 0 Å². The fourth-order valence-electron chi connectivity index (χ4n) is 4.12. The monoisotopic (exact) mass is 325 g/mol. The summed E-state index contributed by atoms with van der Waals surface area (Å²) < 4.78 is 0. The minimum absolute atomic E-state index is 0.539. The lowest BCUT2D eigenvalue weighted by atomic mass is 9.71. The number of likely N-dealkylation sites (tertiary alicyclic amines) is 1. The van der Waals surface area contributed by atoms with Crippen molar-refractivity contribution in [2.24, 2.45) is 10.4 Å². The molecule has 130 valence electrons. The van der Waals surface area contributed by atoms with Crippen molar-refractivity contribution in [3.63, 3.8) is 0 Å². The zero-order valence-corrected chi connectivity index (χ0v) is 16.1. The first-order valence-corrected chi connectivity index (χ1v) is 8.99. The third-order valence-corrected chi connectivity index (χ3v) is 5.72. The average Bonchev–Trinajstić information content (AvgIpc) is 2.43. The second-order valence-corrected chi connectivity index (χ2v) is 8.13. The molecule has 2 saturated heterocycles. The molecule has 0 N–H and O–H groups in total. The number of benzene rings is 1. The number of nitrogens with zero attached hydrogens (tertiary/aromatic N) is 3. The summed E-state index contributed by atoms with van der Waals surface area (Å²) >= 11 is 0. The van der Waals surface area contributed by atoms with Crippen molar-refractivity contribution in [1.29, 1.82) is 0 Å². The highest BCUT2D eigenvalue weighted by molar-refractivity contribution is 6.03. The van der Waals surface area contributed by atoms with E-state index in [4.69, 9.17) is 0 Å². The smallest absolute Gasteiger partial charge is 0.0403 e. The summed E-state index contributed by atoms with van der Waals surface area (Å²) in [6, 6.07) is 5.29. The van der Waals surface area contributed by atoms with E-state index in [0.29, 0.717) is 11.5 Å². The van der Waals surface area contributed by atoms with Crippen LogP contribution in [0.15, 0.2) is 23.7 Å².